The van der Waals surface area contributed by atoms with Crippen molar-refractivity contribution < 1.29 is 23.8 Å². The normalized spacial score (nSPS) is 16.6. The summed E-state index contributed by atoms with van der Waals surface area (Å²) in [5.41, 5.74) is 0.700. The molecule has 2 aliphatic rings. The van der Waals surface area contributed by atoms with E-state index in [1.807, 2.05) is 51.1 Å². The minimum Gasteiger partial charge on any atom is -0.497 e. The van der Waals surface area contributed by atoms with Crippen LogP contribution in [0.15, 0.2) is 42.5 Å². The fourth-order valence-corrected chi connectivity index (χ4v) is 3.90. The molecule has 2 aliphatic heterocycles. The Balaban J connectivity index is 1.46. The van der Waals surface area contributed by atoms with Crippen molar-refractivity contribution >= 4 is 11.9 Å². The van der Waals surface area contributed by atoms with Crippen molar-refractivity contribution in [2.24, 2.45) is 0 Å². The summed E-state index contributed by atoms with van der Waals surface area (Å²) in [6.45, 7) is 6.35. The number of hydrogen-bond acceptors (Lipinski definition) is 5. The molecule has 32 heavy (non-hydrogen) atoms. The monoisotopic (exact) mass is 433 g/mol. The molecule has 2 aromatic carbocycles. The lowest BCUT2D eigenvalue weighted by atomic mass is 9.85. The van der Waals surface area contributed by atoms with Gasteiger partial charge < -0.3 is 19.1 Å². The summed E-state index contributed by atoms with van der Waals surface area (Å²) < 4.78 is 16.7. The quantitative estimate of drug-likeness (QED) is 0.622. The van der Waals surface area contributed by atoms with Crippen LogP contribution >= 0.6 is 0 Å². The van der Waals surface area contributed by atoms with Gasteiger partial charge in [0.1, 0.15) is 17.1 Å². The highest BCUT2D eigenvalue weighted by Crippen LogP contribution is 2.41. The standard InChI is InChI=1S/C26H27NO5/c1-25(2,3)32-24(29)27-15-13-26(14-16-27)23(28)21-17-19(9-12-22(21)31-26)6-5-18-7-10-20(30-4)11-8-18/h7-12,17H,13-16H2,1-4H3. The van der Waals surface area contributed by atoms with Gasteiger partial charge in [0.05, 0.1) is 12.7 Å². The molecule has 0 radical (unpaired) electrons. The summed E-state index contributed by atoms with van der Waals surface area (Å²) in [6, 6.07) is 13.0. The van der Waals surface area contributed by atoms with E-state index in [4.69, 9.17) is 14.2 Å². The zero-order valence-electron chi connectivity index (χ0n) is 18.9. The van der Waals surface area contributed by atoms with Crippen molar-refractivity contribution in [2.45, 2.75) is 44.8 Å². The average Bonchev–Trinajstić information content (AvgIpc) is 3.03. The molecular formula is C26H27NO5. The minimum absolute atomic E-state index is 0.0376. The molecule has 6 heteroatoms. The van der Waals surface area contributed by atoms with Crippen LogP contribution in [0.25, 0.3) is 0 Å². The van der Waals surface area contributed by atoms with E-state index < -0.39 is 11.2 Å². The number of carbonyl (C=O) groups is 2. The van der Waals surface area contributed by atoms with Crippen LogP contribution in [0.3, 0.4) is 0 Å². The van der Waals surface area contributed by atoms with Gasteiger partial charge in [-0.1, -0.05) is 11.8 Å². The first-order valence-electron chi connectivity index (χ1n) is 10.7. The van der Waals surface area contributed by atoms with Crippen molar-refractivity contribution in [1.82, 2.24) is 4.90 Å². The number of amides is 1. The second-order valence-electron chi connectivity index (χ2n) is 9.08. The second kappa shape index (κ2) is 8.23. The number of methoxy groups -OCH3 is 1. The van der Waals surface area contributed by atoms with E-state index in [0.29, 0.717) is 37.2 Å². The van der Waals surface area contributed by atoms with Gasteiger partial charge >= 0.3 is 6.09 Å². The van der Waals surface area contributed by atoms with E-state index in [1.54, 1.807) is 24.1 Å². The molecule has 4 rings (SSSR count). The summed E-state index contributed by atoms with van der Waals surface area (Å²) in [6.07, 6.45) is 0.519. The van der Waals surface area contributed by atoms with Gasteiger partial charge in [0.25, 0.3) is 0 Å². The van der Waals surface area contributed by atoms with Gasteiger partial charge in [-0.2, -0.15) is 0 Å². The van der Waals surface area contributed by atoms with Gasteiger partial charge in [-0.15, -0.1) is 0 Å². The van der Waals surface area contributed by atoms with E-state index in [-0.39, 0.29) is 11.9 Å². The van der Waals surface area contributed by atoms with Crippen LogP contribution in [-0.2, 0) is 4.74 Å². The van der Waals surface area contributed by atoms with E-state index in [1.165, 1.54) is 0 Å². The number of benzene rings is 2. The average molecular weight is 434 g/mol. The van der Waals surface area contributed by atoms with Crippen molar-refractivity contribution in [3.05, 3.63) is 59.2 Å². The molecule has 0 bridgehead atoms. The molecule has 1 spiro atoms. The summed E-state index contributed by atoms with van der Waals surface area (Å²) in [4.78, 5) is 27.2. The maximum absolute atomic E-state index is 13.3. The molecule has 0 atom stereocenters. The van der Waals surface area contributed by atoms with Crippen molar-refractivity contribution in [1.29, 1.82) is 0 Å². The number of likely N-dealkylation sites (tertiary alicyclic amines) is 1. The van der Waals surface area contributed by atoms with Crippen molar-refractivity contribution in [2.75, 3.05) is 20.2 Å². The Bertz CT molecular complexity index is 1090. The molecule has 0 aliphatic carbocycles. The van der Waals surface area contributed by atoms with Crippen LogP contribution in [0.2, 0.25) is 0 Å². The van der Waals surface area contributed by atoms with Crippen LogP contribution in [0, 0.1) is 11.8 Å². The molecule has 1 saturated heterocycles. The van der Waals surface area contributed by atoms with Gasteiger partial charge in [0, 0.05) is 37.1 Å². The second-order valence-corrected chi connectivity index (χ2v) is 9.08. The minimum atomic E-state index is -0.914. The topological polar surface area (TPSA) is 65.1 Å². The predicted octanol–water partition coefficient (Wildman–Crippen LogP) is 4.44. The first kappa shape index (κ1) is 21.8. The SMILES string of the molecule is COc1ccc(C#Cc2ccc3c(c2)C(=O)C2(CCN(C(=O)OC(C)(C)C)CC2)O3)cc1. The van der Waals surface area contributed by atoms with Gasteiger partial charge in [-0.25, -0.2) is 4.79 Å². The summed E-state index contributed by atoms with van der Waals surface area (Å²) >= 11 is 0. The van der Waals surface area contributed by atoms with Crippen LogP contribution in [0.5, 0.6) is 11.5 Å². The molecule has 2 aromatic rings. The highest BCUT2D eigenvalue weighted by Gasteiger charge is 2.50. The molecular weight excluding hydrogens is 406 g/mol. The highest BCUT2D eigenvalue weighted by atomic mass is 16.6. The molecule has 0 N–H and O–H groups in total. The summed E-state index contributed by atoms with van der Waals surface area (Å²) in [5, 5.41) is 0. The zero-order valence-corrected chi connectivity index (χ0v) is 18.9. The lowest BCUT2D eigenvalue weighted by molar-refractivity contribution is -0.00474. The van der Waals surface area contributed by atoms with Gasteiger partial charge in [-0.3, -0.25) is 4.79 Å². The maximum atomic E-state index is 13.3. The Morgan fingerprint density at radius 2 is 1.66 bits per heavy atom. The number of ether oxygens (including phenoxy) is 3. The van der Waals surface area contributed by atoms with Crippen LogP contribution < -0.4 is 9.47 Å². The summed E-state index contributed by atoms with van der Waals surface area (Å²) in [7, 11) is 1.62. The lowest BCUT2D eigenvalue weighted by Gasteiger charge is -2.37. The predicted molar refractivity (Wildman–Crippen MR) is 120 cm³/mol. The third kappa shape index (κ3) is 4.43. The highest BCUT2D eigenvalue weighted by molar-refractivity contribution is 6.08. The molecule has 2 heterocycles. The zero-order chi connectivity index (χ0) is 22.9. The van der Waals surface area contributed by atoms with E-state index >= 15 is 0 Å². The van der Waals surface area contributed by atoms with Gasteiger partial charge in [0.15, 0.2) is 5.60 Å². The Labute approximate surface area is 188 Å². The molecule has 6 nitrogen and oxygen atoms in total. The largest absolute Gasteiger partial charge is 0.497 e. The number of hydrogen-bond donors (Lipinski definition) is 0. The van der Waals surface area contributed by atoms with Gasteiger partial charge in [0.2, 0.25) is 5.78 Å². The Kier molecular flexibility index (Phi) is 5.60. The van der Waals surface area contributed by atoms with E-state index in [9.17, 15) is 9.59 Å². The molecule has 0 aromatic heterocycles. The smallest absolute Gasteiger partial charge is 0.410 e. The first-order valence-corrected chi connectivity index (χ1v) is 10.7. The number of rotatable bonds is 1. The number of carbonyl (C=O) groups excluding carboxylic acids is 2. The van der Waals surface area contributed by atoms with E-state index in [0.717, 1.165) is 16.9 Å². The molecule has 0 unspecified atom stereocenters. The fourth-order valence-electron chi connectivity index (χ4n) is 3.90. The van der Waals surface area contributed by atoms with Gasteiger partial charge in [-0.05, 0) is 63.2 Å². The van der Waals surface area contributed by atoms with Crippen molar-refractivity contribution in [3.63, 3.8) is 0 Å². The van der Waals surface area contributed by atoms with Crippen LogP contribution in [-0.4, -0.2) is 48.2 Å². The third-order valence-corrected chi connectivity index (χ3v) is 5.61. The number of Topliss-reactive ketones (excluding diaryl/α,β-unsaturated/α-hetero) is 1. The molecule has 166 valence electrons. The van der Waals surface area contributed by atoms with Crippen molar-refractivity contribution in [3.8, 4) is 23.3 Å². The lowest BCUT2D eigenvalue weighted by Crippen LogP contribution is -2.52. The number of piperidine rings is 1. The first-order chi connectivity index (χ1) is 15.2. The molecule has 0 saturated carbocycles. The fraction of sp³-hybridized carbons (Fsp3) is 0.385. The Morgan fingerprint density at radius 3 is 2.28 bits per heavy atom. The number of fused-ring (bicyclic) bond motifs is 1. The van der Waals surface area contributed by atoms with E-state index in [2.05, 4.69) is 11.8 Å². The summed E-state index contributed by atoms with van der Waals surface area (Å²) in [5.74, 6) is 7.54. The molecule has 1 amide bonds. The van der Waals surface area contributed by atoms with Crippen LogP contribution in [0.1, 0.15) is 55.1 Å². The van der Waals surface area contributed by atoms with Crippen LogP contribution in [0.4, 0.5) is 4.79 Å². The Morgan fingerprint density at radius 1 is 1.03 bits per heavy atom. The maximum Gasteiger partial charge on any atom is 0.410 e. The number of nitrogens with zero attached hydrogens (tertiary/aromatic N) is 1. The third-order valence-electron chi connectivity index (χ3n) is 5.61. The molecule has 1 fully saturated rings. The Hall–Kier alpha value is -3.46. The number of ketones is 1.